The first-order valence-electron chi connectivity index (χ1n) is 13.7. The number of hydrogen-bond acceptors (Lipinski definition) is 9. The highest BCUT2D eigenvalue weighted by molar-refractivity contribution is 5.67. The summed E-state index contributed by atoms with van der Waals surface area (Å²) in [6.45, 7) is 0.438. The summed E-state index contributed by atoms with van der Waals surface area (Å²) >= 11 is 0. The molecule has 43 heavy (non-hydrogen) atoms. The van der Waals surface area contributed by atoms with Gasteiger partial charge in [-0.2, -0.15) is 0 Å². The SMILES string of the molecule is [N-]=[N+]=N[C@H]1C[C@@H](N=[N+]=[N-])[C@H](O)[C@@H](O)[C@@H]1O[C@@H]1O[C@H](CN(Cc2ccccc2)C(=O)OCc2ccccc2)CC[C@H]1N=[N+]=[N-]. The van der Waals surface area contributed by atoms with E-state index in [0.29, 0.717) is 12.8 Å². The highest BCUT2D eigenvalue weighted by Crippen LogP contribution is 2.32. The summed E-state index contributed by atoms with van der Waals surface area (Å²) in [7, 11) is 0. The van der Waals surface area contributed by atoms with Crippen molar-refractivity contribution in [3.8, 4) is 0 Å². The second kappa shape index (κ2) is 15.6. The van der Waals surface area contributed by atoms with E-state index in [1.165, 1.54) is 4.90 Å². The summed E-state index contributed by atoms with van der Waals surface area (Å²) in [5.41, 5.74) is 28.7. The molecule has 2 aromatic rings. The second-order valence-corrected chi connectivity index (χ2v) is 10.2. The van der Waals surface area contributed by atoms with Crippen LogP contribution < -0.4 is 0 Å². The third kappa shape index (κ3) is 8.51. The standard InChI is InChI=1S/C27H32N10O6/c28-34-31-20-12-11-19(42-26(20)43-25-22(33-36-30)13-21(32-35-29)23(38)24(25)39)15-37(14-17-7-3-1-4-8-17)27(40)41-16-18-9-5-2-6-10-18/h1-10,19-26,38-39H,11-16H2/t19-,20+,21+,22-,23-,24+,25+,26-/m0/s1. The minimum Gasteiger partial charge on any atom is -0.445 e. The lowest BCUT2D eigenvalue weighted by atomic mass is 9.84. The monoisotopic (exact) mass is 592 g/mol. The van der Waals surface area contributed by atoms with Crippen molar-refractivity contribution in [3.63, 3.8) is 0 Å². The molecule has 1 aliphatic heterocycles. The molecule has 2 aromatic carbocycles. The molecule has 2 aliphatic rings. The number of rotatable bonds is 11. The summed E-state index contributed by atoms with van der Waals surface area (Å²) in [4.78, 5) is 23.1. The Labute approximate surface area is 246 Å². The number of ether oxygens (including phenoxy) is 3. The molecule has 8 atom stereocenters. The Bertz CT molecular complexity index is 1350. The Balaban J connectivity index is 1.50. The van der Waals surface area contributed by atoms with Gasteiger partial charge in [-0.1, -0.05) is 76.0 Å². The molecule has 2 fully saturated rings. The molecule has 1 saturated carbocycles. The summed E-state index contributed by atoms with van der Waals surface area (Å²) in [5.74, 6) is 0. The van der Waals surface area contributed by atoms with E-state index in [4.69, 9.17) is 30.8 Å². The predicted octanol–water partition coefficient (Wildman–Crippen LogP) is 4.88. The minimum absolute atomic E-state index is 0.0840. The Morgan fingerprint density at radius 2 is 1.47 bits per heavy atom. The molecule has 16 heteroatoms. The van der Waals surface area contributed by atoms with Gasteiger partial charge >= 0.3 is 6.09 Å². The molecular formula is C27H32N10O6. The fourth-order valence-corrected chi connectivity index (χ4v) is 5.20. The van der Waals surface area contributed by atoms with E-state index in [1.807, 2.05) is 60.7 Å². The van der Waals surface area contributed by atoms with E-state index < -0.39 is 54.9 Å². The van der Waals surface area contributed by atoms with Crippen LogP contribution in [0.3, 0.4) is 0 Å². The molecule has 0 bridgehead atoms. The lowest BCUT2D eigenvalue weighted by Crippen LogP contribution is -2.58. The Morgan fingerprint density at radius 3 is 2.12 bits per heavy atom. The second-order valence-electron chi connectivity index (χ2n) is 10.2. The summed E-state index contributed by atoms with van der Waals surface area (Å²) < 4.78 is 17.8. The molecule has 0 unspecified atom stereocenters. The maximum Gasteiger partial charge on any atom is 0.410 e. The molecule has 1 heterocycles. The van der Waals surface area contributed by atoms with Crippen LogP contribution >= 0.6 is 0 Å². The van der Waals surface area contributed by atoms with E-state index in [0.717, 1.165) is 11.1 Å². The minimum atomic E-state index is -1.60. The van der Waals surface area contributed by atoms with Gasteiger partial charge in [-0.15, -0.1) is 0 Å². The van der Waals surface area contributed by atoms with Crippen molar-refractivity contribution in [2.45, 2.75) is 81.2 Å². The van der Waals surface area contributed by atoms with Crippen LogP contribution in [0.25, 0.3) is 31.3 Å². The quantitative estimate of drug-likeness (QED) is 0.209. The van der Waals surface area contributed by atoms with E-state index >= 15 is 0 Å². The van der Waals surface area contributed by atoms with Crippen LogP contribution in [0.1, 0.15) is 30.4 Å². The zero-order valence-electron chi connectivity index (χ0n) is 23.1. The van der Waals surface area contributed by atoms with E-state index in [2.05, 4.69) is 30.1 Å². The number of carbonyl (C=O) groups excluding carboxylic acids is 1. The maximum atomic E-state index is 13.2. The van der Waals surface area contributed by atoms with Crippen LogP contribution in [0.5, 0.6) is 0 Å². The van der Waals surface area contributed by atoms with Crippen molar-refractivity contribution in [2.75, 3.05) is 6.54 Å². The maximum absolute atomic E-state index is 13.2. The van der Waals surface area contributed by atoms with Gasteiger partial charge in [0.15, 0.2) is 6.29 Å². The molecule has 0 aromatic heterocycles. The van der Waals surface area contributed by atoms with Crippen molar-refractivity contribution in [1.29, 1.82) is 0 Å². The van der Waals surface area contributed by atoms with Crippen LogP contribution in [0.15, 0.2) is 76.0 Å². The van der Waals surface area contributed by atoms with E-state index in [-0.39, 0.29) is 26.1 Å². The fourth-order valence-electron chi connectivity index (χ4n) is 5.20. The van der Waals surface area contributed by atoms with Crippen LogP contribution in [0.2, 0.25) is 0 Å². The number of hydrogen-bond donors (Lipinski definition) is 2. The number of benzene rings is 2. The third-order valence-electron chi connectivity index (χ3n) is 7.36. The van der Waals surface area contributed by atoms with Gasteiger partial charge in [0.05, 0.1) is 43.0 Å². The molecule has 4 rings (SSSR count). The molecule has 226 valence electrons. The van der Waals surface area contributed by atoms with Crippen LogP contribution in [0.4, 0.5) is 4.79 Å². The molecule has 1 saturated heterocycles. The summed E-state index contributed by atoms with van der Waals surface area (Å²) in [5, 5.41) is 32.3. The topological polar surface area (TPSA) is 235 Å². The largest absolute Gasteiger partial charge is 0.445 e. The molecular weight excluding hydrogens is 560 g/mol. The lowest BCUT2D eigenvalue weighted by molar-refractivity contribution is -0.254. The van der Waals surface area contributed by atoms with Gasteiger partial charge in [-0.25, -0.2) is 4.79 Å². The van der Waals surface area contributed by atoms with Crippen molar-refractivity contribution in [2.24, 2.45) is 15.3 Å². The zero-order valence-corrected chi connectivity index (χ0v) is 23.1. The predicted molar refractivity (Wildman–Crippen MR) is 152 cm³/mol. The molecule has 16 nitrogen and oxygen atoms in total. The van der Waals surface area contributed by atoms with E-state index in [9.17, 15) is 15.0 Å². The Kier molecular flexibility index (Phi) is 11.4. The van der Waals surface area contributed by atoms with Gasteiger partial charge in [0, 0.05) is 21.3 Å². The number of amides is 1. The average molecular weight is 593 g/mol. The van der Waals surface area contributed by atoms with Gasteiger partial charge < -0.3 is 29.3 Å². The zero-order chi connectivity index (χ0) is 30.6. The van der Waals surface area contributed by atoms with Gasteiger partial charge in [-0.3, -0.25) is 0 Å². The highest BCUT2D eigenvalue weighted by atomic mass is 16.7. The molecule has 0 spiro atoms. The van der Waals surface area contributed by atoms with Crippen LogP contribution in [0, 0.1) is 0 Å². The van der Waals surface area contributed by atoms with Gasteiger partial charge in [0.25, 0.3) is 0 Å². The first-order chi connectivity index (χ1) is 20.9. The number of nitrogens with zero attached hydrogens (tertiary/aromatic N) is 10. The third-order valence-corrected chi connectivity index (χ3v) is 7.36. The molecule has 1 amide bonds. The first-order valence-corrected chi connectivity index (χ1v) is 13.7. The molecule has 1 aliphatic carbocycles. The van der Waals surface area contributed by atoms with Gasteiger partial charge in [0.2, 0.25) is 0 Å². The normalized spacial score (nSPS) is 28.3. The van der Waals surface area contributed by atoms with Crippen molar-refractivity contribution in [1.82, 2.24) is 4.90 Å². The average Bonchev–Trinajstić information content (AvgIpc) is 3.02. The van der Waals surface area contributed by atoms with Crippen molar-refractivity contribution in [3.05, 3.63) is 103 Å². The van der Waals surface area contributed by atoms with Crippen molar-refractivity contribution < 1.29 is 29.2 Å². The van der Waals surface area contributed by atoms with E-state index in [1.54, 1.807) is 0 Å². The number of azide groups is 3. The molecule has 2 N–H and O–H groups in total. The van der Waals surface area contributed by atoms with Gasteiger partial charge in [-0.05, 0) is 47.0 Å². The highest BCUT2D eigenvalue weighted by Gasteiger charge is 2.46. The number of aliphatic hydroxyl groups is 2. The number of aliphatic hydroxyl groups excluding tert-OH is 2. The van der Waals surface area contributed by atoms with Crippen molar-refractivity contribution >= 4 is 6.09 Å². The Hall–Kier alpha value is -4.52. The van der Waals surface area contributed by atoms with Crippen LogP contribution in [-0.4, -0.2) is 76.6 Å². The fraction of sp³-hybridized carbons (Fsp3) is 0.519. The van der Waals surface area contributed by atoms with Crippen LogP contribution in [-0.2, 0) is 27.4 Å². The Morgan fingerprint density at radius 1 is 0.860 bits per heavy atom. The lowest BCUT2D eigenvalue weighted by Gasteiger charge is -2.43. The first kappa shape index (κ1) is 31.4. The molecule has 0 radical (unpaired) electrons. The smallest absolute Gasteiger partial charge is 0.410 e. The summed E-state index contributed by atoms with van der Waals surface area (Å²) in [6, 6.07) is 15.8. The number of carbonyl (C=O) groups is 1. The summed E-state index contributed by atoms with van der Waals surface area (Å²) in [6.07, 6.45) is -6.03. The van der Waals surface area contributed by atoms with Gasteiger partial charge in [0.1, 0.15) is 12.7 Å².